The maximum absolute atomic E-state index is 12.9. The second-order valence-corrected chi connectivity index (χ2v) is 6.71. The van der Waals surface area contributed by atoms with E-state index < -0.39 is 0 Å². The molecule has 1 saturated heterocycles. The van der Waals surface area contributed by atoms with Crippen LogP contribution in [0.15, 0.2) is 53.1 Å². The van der Waals surface area contributed by atoms with Crippen LogP contribution in [0.4, 0.5) is 0 Å². The van der Waals surface area contributed by atoms with Gasteiger partial charge in [0.2, 0.25) is 11.7 Å². The molecule has 0 N–H and O–H groups in total. The lowest BCUT2D eigenvalue weighted by molar-refractivity contribution is 0.0710. The van der Waals surface area contributed by atoms with E-state index >= 15 is 0 Å². The van der Waals surface area contributed by atoms with E-state index in [0.717, 1.165) is 29.7 Å². The quantitative estimate of drug-likeness (QED) is 0.700. The molecular weight excluding hydrogens is 342 g/mol. The zero-order chi connectivity index (χ0) is 18.8. The first-order valence-corrected chi connectivity index (χ1v) is 9.01. The number of ether oxygens (including phenoxy) is 1. The van der Waals surface area contributed by atoms with Gasteiger partial charge < -0.3 is 14.2 Å². The van der Waals surface area contributed by atoms with Crippen molar-refractivity contribution in [1.29, 1.82) is 0 Å². The Bertz CT molecular complexity index is 932. The predicted molar refractivity (Wildman–Crippen MR) is 100 cm³/mol. The van der Waals surface area contributed by atoms with Gasteiger partial charge in [0, 0.05) is 17.7 Å². The van der Waals surface area contributed by atoms with E-state index in [2.05, 4.69) is 10.1 Å². The van der Waals surface area contributed by atoms with Gasteiger partial charge in [-0.05, 0) is 56.2 Å². The van der Waals surface area contributed by atoms with Crippen LogP contribution in [0.1, 0.15) is 40.7 Å². The van der Waals surface area contributed by atoms with Crippen molar-refractivity contribution >= 4 is 5.91 Å². The molecule has 138 valence electrons. The molecule has 27 heavy (non-hydrogen) atoms. The summed E-state index contributed by atoms with van der Waals surface area (Å²) in [7, 11) is 1.63. The molecule has 1 atom stereocenters. The van der Waals surface area contributed by atoms with E-state index in [4.69, 9.17) is 9.26 Å². The van der Waals surface area contributed by atoms with E-state index in [-0.39, 0.29) is 11.9 Å². The molecule has 1 amide bonds. The van der Waals surface area contributed by atoms with Gasteiger partial charge >= 0.3 is 0 Å². The molecule has 1 fully saturated rings. The third-order valence-corrected chi connectivity index (χ3v) is 4.89. The number of carbonyl (C=O) groups is 1. The van der Waals surface area contributed by atoms with Crippen molar-refractivity contribution in [1.82, 2.24) is 15.0 Å². The third kappa shape index (κ3) is 3.43. The molecule has 0 aliphatic carbocycles. The average molecular weight is 363 g/mol. The Balaban J connectivity index is 1.56. The number of benzene rings is 2. The molecule has 1 aromatic heterocycles. The molecule has 2 heterocycles. The Morgan fingerprint density at radius 3 is 2.59 bits per heavy atom. The first-order chi connectivity index (χ1) is 13.2. The minimum atomic E-state index is -0.182. The highest BCUT2D eigenvalue weighted by molar-refractivity contribution is 5.94. The fourth-order valence-electron chi connectivity index (χ4n) is 3.36. The van der Waals surface area contributed by atoms with Crippen molar-refractivity contribution in [2.45, 2.75) is 25.8 Å². The highest BCUT2D eigenvalue weighted by atomic mass is 16.5. The summed E-state index contributed by atoms with van der Waals surface area (Å²) in [5, 5.41) is 4.10. The van der Waals surface area contributed by atoms with Crippen LogP contribution in [0.5, 0.6) is 5.75 Å². The predicted octanol–water partition coefficient (Wildman–Crippen LogP) is 4.03. The molecule has 4 rings (SSSR count). The van der Waals surface area contributed by atoms with Crippen molar-refractivity contribution < 1.29 is 14.1 Å². The first-order valence-electron chi connectivity index (χ1n) is 9.01. The maximum Gasteiger partial charge on any atom is 0.254 e. The van der Waals surface area contributed by atoms with Crippen LogP contribution in [-0.4, -0.2) is 34.6 Å². The second kappa shape index (κ2) is 7.23. The molecule has 0 saturated carbocycles. The Hall–Kier alpha value is -3.15. The molecule has 1 aliphatic heterocycles. The van der Waals surface area contributed by atoms with Gasteiger partial charge in [-0.3, -0.25) is 4.79 Å². The molecule has 6 heteroatoms. The summed E-state index contributed by atoms with van der Waals surface area (Å²) in [5.41, 5.74) is 2.66. The fraction of sp³-hybridized carbons (Fsp3) is 0.286. The molecule has 0 unspecified atom stereocenters. The average Bonchev–Trinajstić information content (AvgIpc) is 3.37. The van der Waals surface area contributed by atoms with Crippen LogP contribution < -0.4 is 4.74 Å². The fourth-order valence-corrected chi connectivity index (χ4v) is 3.36. The number of hydrogen-bond acceptors (Lipinski definition) is 5. The summed E-state index contributed by atoms with van der Waals surface area (Å²) in [6.07, 6.45) is 1.74. The van der Waals surface area contributed by atoms with Gasteiger partial charge in [-0.1, -0.05) is 22.9 Å². The van der Waals surface area contributed by atoms with Gasteiger partial charge in [0.1, 0.15) is 11.8 Å². The van der Waals surface area contributed by atoms with Crippen LogP contribution >= 0.6 is 0 Å². The highest BCUT2D eigenvalue weighted by Crippen LogP contribution is 2.33. The summed E-state index contributed by atoms with van der Waals surface area (Å²) in [4.78, 5) is 19.3. The minimum absolute atomic E-state index is 0.00157. The van der Waals surface area contributed by atoms with Crippen LogP contribution in [-0.2, 0) is 0 Å². The summed E-state index contributed by atoms with van der Waals surface area (Å²) >= 11 is 0. The van der Waals surface area contributed by atoms with E-state index in [1.807, 2.05) is 60.4 Å². The van der Waals surface area contributed by atoms with Gasteiger partial charge in [-0.2, -0.15) is 4.98 Å². The Morgan fingerprint density at radius 2 is 1.89 bits per heavy atom. The number of aryl methyl sites for hydroxylation is 1. The number of hydrogen-bond donors (Lipinski definition) is 0. The summed E-state index contributed by atoms with van der Waals surface area (Å²) in [6.45, 7) is 2.70. The van der Waals surface area contributed by atoms with E-state index in [1.54, 1.807) is 7.11 Å². The van der Waals surface area contributed by atoms with Gasteiger partial charge in [-0.15, -0.1) is 0 Å². The highest BCUT2D eigenvalue weighted by Gasteiger charge is 2.34. The summed E-state index contributed by atoms with van der Waals surface area (Å²) < 4.78 is 10.7. The van der Waals surface area contributed by atoms with Crippen LogP contribution in [0.25, 0.3) is 11.4 Å². The van der Waals surface area contributed by atoms with E-state index in [1.165, 1.54) is 0 Å². The topological polar surface area (TPSA) is 68.5 Å². The smallest absolute Gasteiger partial charge is 0.254 e. The molecular formula is C21H21N3O3. The van der Waals surface area contributed by atoms with Crippen molar-refractivity contribution in [3.63, 3.8) is 0 Å². The first kappa shape index (κ1) is 17.3. The van der Waals surface area contributed by atoms with Crippen LogP contribution in [0.3, 0.4) is 0 Å². The molecule has 0 spiro atoms. The number of methoxy groups -OCH3 is 1. The molecule has 3 aromatic rings. The van der Waals surface area contributed by atoms with Crippen molar-refractivity contribution in [2.24, 2.45) is 0 Å². The summed E-state index contributed by atoms with van der Waals surface area (Å²) in [5.74, 6) is 1.77. The Labute approximate surface area is 157 Å². The number of aromatic nitrogens is 2. The number of carbonyl (C=O) groups excluding carboxylic acids is 1. The minimum Gasteiger partial charge on any atom is -0.497 e. The van der Waals surface area contributed by atoms with E-state index in [0.29, 0.717) is 23.8 Å². The Morgan fingerprint density at radius 1 is 1.15 bits per heavy atom. The van der Waals surface area contributed by atoms with Gasteiger partial charge in [0.05, 0.1) is 7.11 Å². The Kier molecular flexibility index (Phi) is 4.62. The lowest BCUT2D eigenvalue weighted by Gasteiger charge is -2.22. The largest absolute Gasteiger partial charge is 0.497 e. The second-order valence-electron chi connectivity index (χ2n) is 6.71. The number of nitrogens with zero attached hydrogens (tertiary/aromatic N) is 3. The van der Waals surface area contributed by atoms with Gasteiger partial charge in [0.25, 0.3) is 5.91 Å². The molecule has 6 nitrogen and oxygen atoms in total. The number of likely N-dealkylation sites (tertiary alicyclic amines) is 1. The molecule has 2 aromatic carbocycles. The van der Waals surface area contributed by atoms with Gasteiger partial charge in [0.15, 0.2) is 0 Å². The monoisotopic (exact) mass is 363 g/mol. The normalized spacial score (nSPS) is 16.5. The zero-order valence-electron chi connectivity index (χ0n) is 15.4. The summed E-state index contributed by atoms with van der Waals surface area (Å²) in [6, 6.07) is 14.9. The number of rotatable bonds is 4. The standard InChI is InChI=1S/C21H21N3O3/c1-14-5-7-16(8-6-14)21(25)24-13-3-4-18(24)20-22-19(23-27-20)15-9-11-17(26-2)12-10-15/h5-12,18H,3-4,13H2,1-2H3/t18-/m0/s1. The molecule has 0 radical (unpaired) electrons. The SMILES string of the molecule is COc1ccc(-c2noc([C@@H]3CCCN3C(=O)c3ccc(C)cc3)n2)cc1. The molecule has 0 bridgehead atoms. The van der Waals surface area contributed by atoms with Crippen molar-refractivity contribution in [3.8, 4) is 17.1 Å². The lowest BCUT2D eigenvalue weighted by atomic mass is 10.1. The van der Waals surface area contributed by atoms with Crippen LogP contribution in [0.2, 0.25) is 0 Å². The van der Waals surface area contributed by atoms with Crippen molar-refractivity contribution in [3.05, 3.63) is 65.5 Å². The lowest BCUT2D eigenvalue weighted by Crippen LogP contribution is -2.30. The van der Waals surface area contributed by atoms with Crippen LogP contribution in [0, 0.1) is 6.92 Å². The van der Waals surface area contributed by atoms with Crippen molar-refractivity contribution in [2.75, 3.05) is 13.7 Å². The number of amides is 1. The third-order valence-electron chi connectivity index (χ3n) is 4.89. The zero-order valence-corrected chi connectivity index (χ0v) is 15.4. The maximum atomic E-state index is 12.9. The van der Waals surface area contributed by atoms with E-state index in [9.17, 15) is 4.79 Å². The molecule has 1 aliphatic rings. The van der Waals surface area contributed by atoms with Gasteiger partial charge in [-0.25, -0.2) is 0 Å².